The van der Waals surface area contributed by atoms with Crippen LogP contribution in [0.2, 0.25) is 10.0 Å². The maximum Gasteiger partial charge on any atom is 0.0819 e. The Hall–Kier alpha value is -1.28. The summed E-state index contributed by atoms with van der Waals surface area (Å²) in [5.74, 6) is 0.685. The van der Waals surface area contributed by atoms with E-state index in [0.29, 0.717) is 16.0 Å². The van der Waals surface area contributed by atoms with Gasteiger partial charge in [0.05, 0.1) is 11.2 Å². The lowest BCUT2D eigenvalue weighted by Crippen LogP contribution is -2.39. The Balaban J connectivity index is 1.85. The summed E-state index contributed by atoms with van der Waals surface area (Å²) < 4.78 is 6.26. The van der Waals surface area contributed by atoms with E-state index in [1.54, 1.807) is 0 Å². The summed E-state index contributed by atoms with van der Waals surface area (Å²) in [6, 6.07) is 12.5. The zero-order chi connectivity index (χ0) is 19.4. The first-order valence-corrected chi connectivity index (χ1v) is 10.4. The van der Waals surface area contributed by atoms with Gasteiger partial charge in [-0.3, -0.25) is 0 Å². The predicted octanol–water partition coefficient (Wildman–Crippen LogP) is 7.90. The minimum absolute atomic E-state index is 0.178. The molecule has 4 rings (SSSR count). The number of halogens is 2. The second kappa shape index (κ2) is 6.65. The molecule has 0 radical (unpaired) electrons. The molecule has 0 unspecified atom stereocenters. The number of benzene rings is 2. The summed E-state index contributed by atoms with van der Waals surface area (Å²) >= 11 is 12.6. The van der Waals surface area contributed by atoms with Gasteiger partial charge < -0.3 is 4.74 Å². The predicted molar refractivity (Wildman–Crippen MR) is 116 cm³/mol. The third-order valence-electron chi connectivity index (χ3n) is 5.34. The van der Waals surface area contributed by atoms with E-state index in [1.807, 2.05) is 18.2 Å². The van der Waals surface area contributed by atoms with Crippen molar-refractivity contribution in [2.75, 3.05) is 0 Å². The van der Waals surface area contributed by atoms with Crippen LogP contribution in [-0.4, -0.2) is 11.2 Å². The molecule has 142 valence electrons. The lowest BCUT2D eigenvalue weighted by molar-refractivity contribution is -0.100. The number of hydrogen-bond donors (Lipinski definition) is 0. The summed E-state index contributed by atoms with van der Waals surface area (Å²) in [6.45, 7) is 8.65. The number of ether oxygens (including phenoxy) is 1. The second-order valence-electron chi connectivity index (χ2n) is 9.01. The van der Waals surface area contributed by atoms with Crippen LogP contribution in [0.3, 0.4) is 0 Å². The lowest BCUT2D eigenvalue weighted by Gasteiger charge is -2.40. The van der Waals surface area contributed by atoms with Gasteiger partial charge in [0.2, 0.25) is 0 Å². The summed E-state index contributed by atoms with van der Waals surface area (Å²) in [7, 11) is 0. The van der Waals surface area contributed by atoms with Crippen LogP contribution in [-0.2, 0) is 4.74 Å². The van der Waals surface area contributed by atoms with Crippen LogP contribution in [0.4, 0.5) is 0 Å². The minimum Gasteiger partial charge on any atom is -0.365 e. The van der Waals surface area contributed by atoms with Gasteiger partial charge in [-0.15, -0.1) is 0 Å². The topological polar surface area (TPSA) is 9.23 Å². The Labute approximate surface area is 172 Å². The van der Waals surface area contributed by atoms with Crippen molar-refractivity contribution in [3.05, 3.63) is 63.6 Å². The summed E-state index contributed by atoms with van der Waals surface area (Å²) in [4.78, 5) is 0. The molecule has 1 heterocycles. The molecule has 0 saturated heterocycles. The number of hydrogen-bond acceptors (Lipinski definition) is 1. The van der Waals surface area contributed by atoms with Crippen LogP contribution in [0.15, 0.2) is 42.5 Å². The fraction of sp³-hybridized carbons (Fsp3) is 0.417. The summed E-state index contributed by atoms with van der Waals surface area (Å²) in [5.41, 5.74) is 5.91. The van der Waals surface area contributed by atoms with Gasteiger partial charge in [0.25, 0.3) is 0 Å². The molecule has 1 fully saturated rings. The van der Waals surface area contributed by atoms with E-state index >= 15 is 0 Å². The van der Waals surface area contributed by atoms with E-state index in [1.165, 1.54) is 29.5 Å². The average molecular weight is 401 g/mol. The van der Waals surface area contributed by atoms with E-state index in [-0.39, 0.29) is 11.2 Å². The van der Waals surface area contributed by atoms with Gasteiger partial charge in [-0.1, -0.05) is 41.4 Å². The monoisotopic (exact) mass is 400 g/mol. The molecule has 0 bridgehead atoms. The molecule has 1 nitrogen and oxygen atoms in total. The highest BCUT2D eigenvalue weighted by molar-refractivity contribution is 6.36. The van der Waals surface area contributed by atoms with Crippen LogP contribution >= 0.6 is 23.2 Å². The van der Waals surface area contributed by atoms with Crippen LogP contribution in [0.5, 0.6) is 0 Å². The van der Waals surface area contributed by atoms with Gasteiger partial charge in [0.15, 0.2) is 0 Å². The van der Waals surface area contributed by atoms with Crippen molar-refractivity contribution >= 4 is 28.8 Å². The molecule has 3 heteroatoms. The van der Waals surface area contributed by atoms with E-state index in [4.69, 9.17) is 27.9 Å². The van der Waals surface area contributed by atoms with Gasteiger partial charge >= 0.3 is 0 Å². The standard InChI is InChI=1S/C24H26Cl2O/c1-23(2)13-17(14-24(3,4)27-23)21-11-16(7-9-19(21)15-5-6-15)20-10-8-18(25)12-22(20)26/h7-13,15H,5-6,14H2,1-4H3. The molecule has 2 aromatic rings. The molecule has 1 aliphatic heterocycles. The molecule has 2 aliphatic rings. The van der Waals surface area contributed by atoms with Gasteiger partial charge in [0.1, 0.15) is 0 Å². The Morgan fingerprint density at radius 1 is 0.926 bits per heavy atom. The summed E-state index contributed by atoms with van der Waals surface area (Å²) in [6.07, 6.45) is 5.77. The quantitative estimate of drug-likeness (QED) is 0.508. The molecule has 0 atom stereocenters. The molecule has 0 amide bonds. The Morgan fingerprint density at radius 2 is 1.67 bits per heavy atom. The van der Waals surface area contributed by atoms with Crippen LogP contribution in [0.1, 0.15) is 64.0 Å². The van der Waals surface area contributed by atoms with Gasteiger partial charge in [0, 0.05) is 22.0 Å². The zero-order valence-corrected chi connectivity index (χ0v) is 17.9. The second-order valence-corrected chi connectivity index (χ2v) is 9.86. The fourth-order valence-corrected chi connectivity index (χ4v) is 4.87. The van der Waals surface area contributed by atoms with E-state index in [0.717, 1.165) is 17.5 Å². The third kappa shape index (κ3) is 4.11. The molecule has 27 heavy (non-hydrogen) atoms. The first kappa shape index (κ1) is 19.1. The Morgan fingerprint density at radius 3 is 2.30 bits per heavy atom. The number of rotatable bonds is 3. The van der Waals surface area contributed by atoms with Crippen LogP contribution < -0.4 is 0 Å². The zero-order valence-electron chi connectivity index (χ0n) is 16.4. The molecule has 0 N–H and O–H groups in total. The Bertz CT molecular complexity index is 920. The minimum atomic E-state index is -0.272. The smallest absolute Gasteiger partial charge is 0.0819 e. The van der Waals surface area contributed by atoms with E-state index in [9.17, 15) is 0 Å². The summed E-state index contributed by atoms with van der Waals surface area (Å²) in [5, 5.41) is 1.35. The van der Waals surface area contributed by atoms with Crippen molar-refractivity contribution in [3.63, 3.8) is 0 Å². The highest BCUT2D eigenvalue weighted by atomic mass is 35.5. The third-order valence-corrected chi connectivity index (χ3v) is 5.88. The largest absolute Gasteiger partial charge is 0.365 e. The van der Waals surface area contributed by atoms with Crippen molar-refractivity contribution < 1.29 is 4.74 Å². The first-order valence-electron chi connectivity index (χ1n) is 9.65. The van der Waals surface area contributed by atoms with Crippen molar-refractivity contribution in [2.45, 2.75) is 64.1 Å². The normalized spacial score (nSPS) is 21.0. The lowest BCUT2D eigenvalue weighted by atomic mass is 9.82. The molecular formula is C24H26Cl2O. The highest BCUT2D eigenvalue weighted by Gasteiger charge is 2.36. The van der Waals surface area contributed by atoms with E-state index < -0.39 is 0 Å². The molecule has 0 aromatic heterocycles. The Kier molecular flexibility index (Phi) is 4.70. The van der Waals surface area contributed by atoms with Gasteiger partial charge in [-0.2, -0.15) is 0 Å². The van der Waals surface area contributed by atoms with Crippen molar-refractivity contribution in [1.29, 1.82) is 0 Å². The molecule has 1 aliphatic carbocycles. The van der Waals surface area contributed by atoms with Gasteiger partial charge in [-0.25, -0.2) is 0 Å². The fourth-order valence-electron chi connectivity index (χ4n) is 4.36. The van der Waals surface area contributed by atoms with Gasteiger partial charge in [-0.05, 0) is 93.0 Å². The SMILES string of the molecule is CC1(C)C=C(c2cc(-c3ccc(Cl)cc3Cl)ccc2C2CC2)CC(C)(C)O1. The maximum absolute atomic E-state index is 6.49. The average Bonchev–Trinajstić information content (AvgIpc) is 3.36. The molecular weight excluding hydrogens is 375 g/mol. The molecule has 1 saturated carbocycles. The first-order chi connectivity index (χ1) is 12.6. The van der Waals surface area contributed by atoms with E-state index in [2.05, 4.69) is 52.0 Å². The molecule has 2 aromatic carbocycles. The van der Waals surface area contributed by atoms with Crippen LogP contribution in [0, 0.1) is 0 Å². The highest BCUT2D eigenvalue weighted by Crippen LogP contribution is 2.47. The molecule has 0 spiro atoms. The van der Waals surface area contributed by atoms with Crippen molar-refractivity contribution in [3.8, 4) is 11.1 Å². The van der Waals surface area contributed by atoms with Crippen molar-refractivity contribution in [1.82, 2.24) is 0 Å². The maximum atomic E-state index is 6.49. The van der Waals surface area contributed by atoms with Crippen molar-refractivity contribution in [2.24, 2.45) is 0 Å². The van der Waals surface area contributed by atoms with Crippen LogP contribution in [0.25, 0.3) is 16.7 Å².